The number of carbonyl (C=O) groups is 2. The first-order valence-corrected chi connectivity index (χ1v) is 15.3. The second-order valence-corrected chi connectivity index (χ2v) is 12.4. The van der Waals surface area contributed by atoms with Crippen molar-refractivity contribution >= 4 is 39.1 Å². The summed E-state index contributed by atoms with van der Waals surface area (Å²) >= 11 is 6.17. The van der Waals surface area contributed by atoms with Gasteiger partial charge in [0.2, 0.25) is 21.8 Å². The van der Waals surface area contributed by atoms with E-state index in [1.807, 2.05) is 44.2 Å². The van der Waals surface area contributed by atoms with Crippen molar-refractivity contribution < 1.29 is 27.1 Å². The van der Waals surface area contributed by atoms with Crippen LogP contribution in [0.3, 0.4) is 0 Å². The Morgan fingerprint density at radius 1 is 1.00 bits per heavy atom. The van der Waals surface area contributed by atoms with Crippen LogP contribution < -0.4 is 14.4 Å². The van der Waals surface area contributed by atoms with Crippen molar-refractivity contribution in [1.82, 2.24) is 10.2 Å². The van der Waals surface area contributed by atoms with Gasteiger partial charge in [-0.05, 0) is 47.4 Å². The predicted molar refractivity (Wildman–Crippen MR) is 159 cm³/mol. The molecule has 0 fully saturated rings. The highest BCUT2D eigenvalue weighted by atomic mass is 35.5. The third-order valence-corrected chi connectivity index (χ3v) is 7.67. The fourth-order valence-electron chi connectivity index (χ4n) is 4.22. The smallest absolute Gasteiger partial charge is 0.244 e. The molecule has 0 heterocycles. The van der Waals surface area contributed by atoms with Crippen LogP contribution in [-0.4, -0.2) is 57.6 Å². The largest absolute Gasteiger partial charge is 0.495 e. The first-order valence-electron chi connectivity index (χ1n) is 13.1. The summed E-state index contributed by atoms with van der Waals surface area (Å²) in [6.07, 6.45) is 1.15. The van der Waals surface area contributed by atoms with E-state index < -0.39 is 34.3 Å². The molecule has 0 aliphatic carbocycles. The zero-order valence-corrected chi connectivity index (χ0v) is 25.1. The van der Waals surface area contributed by atoms with Crippen LogP contribution in [0.4, 0.5) is 10.1 Å². The molecular weight excluding hydrogens is 569 g/mol. The van der Waals surface area contributed by atoms with Gasteiger partial charge in [-0.3, -0.25) is 13.9 Å². The fraction of sp³-hybridized carbons (Fsp3) is 0.333. The Balaban J connectivity index is 2.08. The minimum absolute atomic E-state index is 0.0595. The molecule has 3 rings (SSSR count). The van der Waals surface area contributed by atoms with E-state index in [0.29, 0.717) is 12.1 Å². The second kappa shape index (κ2) is 14.3. The maximum Gasteiger partial charge on any atom is 0.244 e. The summed E-state index contributed by atoms with van der Waals surface area (Å²) in [7, 11) is -2.62. The Hall–Kier alpha value is -3.63. The molecule has 0 spiro atoms. The number of halogens is 2. The van der Waals surface area contributed by atoms with Gasteiger partial charge in [0, 0.05) is 24.5 Å². The molecule has 41 heavy (non-hydrogen) atoms. The molecule has 0 radical (unpaired) electrons. The van der Waals surface area contributed by atoms with Gasteiger partial charge < -0.3 is 15.0 Å². The zero-order chi connectivity index (χ0) is 30.2. The van der Waals surface area contributed by atoms with E-state index in [0.717, 1.165) is 16.1 Å². The lowest BCUT2D eigenvalue weighted by atomic mass is 10.0. The fourth-order valence-corrected chi connectivity index (χ4v) is 5.23. The summed E-state index contributed by atoms with van der Waals surface area (Å²) in [6, 6.07) is 18.3. The van der Waals surface area contributed by atoms with Gasteiger partial charge in [-0.25, -0.2) is 12.8 Å². The lowest BCUT2D eigenvalue weighted by Crippen LogP contribution is -2.53. The summed E-state index contributed by atoms with van der Waals surface area (Å²) in [6.45, 7) is 3.61. The Morgan fingerprint density at radius 2 is 1.66 bits per heavy atom. The summed E-state index contributed by atoms with van der Waals surface area (Å²) < 4.78 is 45.9. The molecule has 2 amide bonds. The number of nitrogens with one attached hydrogen (secondary N) is 1. The number of methoxy groups -OCH3 is 1. The molecule has 0 aliphatic heterocycles. The van der Waals surface area contributed by atoms with Crippen molar-refractivity contribution in [3.05, 3.63) is 94.8 Å². The topological polar surface area (TPSA) is 96.0 Å². The van der Waals surface area contributed by atoms with Gasteiger partial charge in [0.25, 0.3) is 0 Å². The van der Waals surface area contributed by atoms with Gasteiger partial charge in [-0.15, -0.1) is 0 Å². The van der Waals surface area contributed by atoms with Crippen LogP contribution in [0.25, 0.3) is 0 Å². The van der Waals surface area contributed by atoms with E-state index in [4.69, 9.17) is 16.3 Å². The van der Waals surface area contributed by atoms with Gasteiger partial charge in [0.05, 0.1) is 19.1 Å². The standard InChI is InChI=1S/C30H35ClFN3O5S/c1-21(2)18-33-30(37)27(16-22-8-6-5-7-9-22)34(19-23-10-13-25(32)14-11-23)29(36)20-35(41(4,38)39)26-17-24(31)12-15-28(26)40-3/h5-15,17,21,27H,16,18-20H2,1-4H3,(H,33,37)/t27-/m0/s1. The molecule has 3 aromatic rings. The van der Waals surface area contributed by atoms with Crippen LogP contribution in [-0.2, 0) is 32.6 Å². The second-order valence-electron chi connectivity index (χ2n) is 10.1. The van der Waals surface area contributed by atoms with Gasteiger partial charge in [-0.1, -0.05) is 67.9 Å². The predicted octanol–water partition coefficient (Wildman–Crippen LogP) is 4.67. The third kappa shape index (κ3) is 9.19. The van der Waals surface area contributed by atoms with E-state index in [2.05, 4.69) is 5.32 Å². The first kappa shape index (κ1) is 31.9. The van der Waals surface area contributed by atoms with Crippen molar-refractivity contribution in [2.45, 2.75) is 32.9 Å². The normalized spacial score (nSPS) is 12.1. The van der Waals surface area contributed by atoms with Crippen molar-refractivity contribution in [1.29, 1.82) is 0 Å². The average molecular weight is 604 g/mol. The zero-order valence-electron chi connectivity index (χ0n) is 23.5. The molecule has 220 valence electrons. The summed E-state index contributed by atoms with van der Waals surface area (Å²) in [5.74, 6) is -1.10. The molecule has 0 unspecified atom stereocenters. The van der Waals surface area contributed by atoms with Crippen molar-refractivity contribution in [2.24, 2.45) is 5.92 Å². The Bertz CT molecular complexity index is 1440. The number of nitrogens with zero attached hydrogens (tertiary/aromatic N) is 2. The highest BCUT2D eigenvalue weighted by Gasteiger charge is 2.33. The average Bonchev–Trinajstić information content (AvgIpc) is 2.93. The number of hydrogen-bond acceptors (Lipinski definition) is 5. The van der Waals surface area contributed by atoms with Gasteiger partial charge >= 0.3 is 0 Å². The molecule has 8 nitrogen and oxygen atoms in total. The van der Waals surface area contributed by atoms with E-state index in [9.17, 15) is 22.4 Å². The van der Waals surface area contributed by atoms with Crippen LogP contribution >= 0.6 is 11.6 Å². The minimum Gasteiger partial charge on any atom is -0.495 e. The summed E-state index contributed by atoms with van der Waals surface area (Å²) in [5, 5.41) is 3.16. The Labute approximate surface area is 246 Å². The van der Waals surface area contributed by atoms with Gasteiger partial charge in [-0.2, -0.15) is 0 Å². The molecule has 0 saturated heterocycles. The quantitative estimate of drug-likeness (QED) is 0.306. The highest BCUT2D eigenvalue weighted by molar-refractivity contribution is 7.92. The Kier molecular flexibility index (Phi) is 11.1. The Morgan fingerprint density at radius 3 is 2.24 bits per heavy atom. The molecule has 0 aromatic heterocycles. The van der Waals surface area contributed by atoms with Crippen LogP contribution in [0.2, 0.25) is 5.02 Å². The molecular formula is C30H35ClFN3O5S. The lowest BCUT2D eigenvalue weighted by molar-refractivity contribution is -0.140. The molecule has 11 heteroatoms. The van der Waals surface area contributed by atoms with Crippen LogP contribution in [0.5, 0.6) is 5.75 Å². The molecule has 0 bridgehead atoms. The molecule has 0 aliphatic rings. The van der Waals surface area contributed by atoms with E-state index >= 15 is 0 Å². The number of ether oxygens (including phenoxy) is 1. The number of carbonyl (C=O) groups excluding carboxylic acids is 2. The first-order chi connectivity index (χ1) is 19.4. The molecule has 0 saturated carbocycles. The monoisotopic (exact) mass is 603 g/mol. The molecule has 3 aromatic carbocycles. The van der Waals surface area contributed by atoms with Crippen LogP contribution in [0, 0.1) is 11.7 Å². The number of rotatable bonds is 13. The van der Waals surface area contributed by atoms with E-state index in [1.54, 1.807) is 6.07 Å². The molecule has 1 atom stereocenters. The number of amides is 2. The van der Waals surface area contributed by atoms with Crippen LogP contribution in [0.15, 0.2) is 72.8 Å². The minimum atomic E-state index is -4.00. The van der Waals surface area contributed by atoms with Crippen molar-refractivity contribution in [3.8, 4) is 5.75 Å². The summed E-state index contributed by atoms with van der Waals surface area (Å²) in [5.41, 5.74) is 1.47. The maximum absolute atomic E-state index is 14.1. The number of benzene rings is 3. The lowest BCUT2D eigenvalue weighted by Gasteiger charge is -2.34. The maximum atomic E-state index is 14.1. The van der Waals surface area contributed by atoms with Crippen molar-refractivity contribution in [3.63, 3.8) is 0 Å². The number of sulfonamides is 1. The molecule has 1 N–H and O–H groups in total. The third-order valence-electron chi connectivity index (χ3n) is 6.31. The van der Waals surface area contributed by atoms with E-state index in [-0.39, 0.29) is 41.3 Å². The SMILES string of the molecule is COc1ccc(Cl)cc1N(CC(=O)N(Cc1ccc(F)cc1)[C@@H](Cc1ccccc1)C(=O)NCC(C)C)S(C)(=O)=O. The van der Waals surface area contributed by atoms with Gasteiger partial charge in [0.1, 0.15) is 24.2 Å². The van der Waals surface area contributed by atoms with Crippen molar-refractivity contribution in [2.75, 3.05) is 30.8 Å². The van der Waals surface area contributed by atoms with E-state index in [1.165, 1.54) is 48.4 Å². The summed E-state index contributed by atoms with van der Waals surface area (Å²) in [4.78, 5) is 29.0. The van der Waals surface area contributed by atoms with Gasteiger partial charge in [0.15, 0.2) is 0 Å². The highest BCUT2D eigenvalue weighted by Crippen LogP contribution is 2.33. The number of anilines is 1. The van der Waals surface area contributed by atoms with Crippen LogP contribution in [0.1, 0.15) is 25.0 Å². The number of hydrogen-bond donors (Lipinski definition) is 1.